The van der Waals surface area contributed by atoms with Crippen molar-refractivity contribution in [2.75, 3.05) is 6.54 Å². The summed E-state index contributed by atoms with van der Waals surface area (Å²) < 4.78 is 0. The summed E-state index contributed by atoms with van der Waals surface area (Å²) >= 11 is 0. The highest BCUT2D eigenvalue weighted by atomic mass is 16.1. The number of hydrogen-bond acceptors (Lipinski definition) is 6. The Kier molecular flexibility index (Phi) is 17.3. The molecule has 6 N–H and O–H groups in total. The lowest BCUT2D eigenvalue weighted by molar-refractivity contribution is -0.117. The molecule has 3 unspecified atom stereocenters. The van der Waals surface area contributed by atoms with Gasteiger partial charge in [-0.15, -0.1) is 0 Å². The van der Waals surface area contributed by atoms with E-state index in [1.165, 1.54) is 32.1 Å². The summed E-state index contributed by atoms with van der Waals surface area (Å²) in [5.41, 5.74) is 7.82. The molecule has 0 aromatic carbocycles. The van der Waals surface area contributed by atoms with Crippen LogP contribution in [-0.2, 0) is 4.79 Å². The lowest BCUT2D eigenvalue weighted by Crippen LogP contribution is -2.50. The molecule has 2 rings (SSSR count). The predicted octanol–water partition coefficient (Wildman–Crippen LogP) is 7.76. The zero-order valence-corrected chi connectivity index (χ0v) is 29.4. The SMILES string of the molecule is C=C(NC(C(=C)NC[C@@H]1C[C@@H]1C(C)C(=C)NC(CC(C)C)C(=O)C(=C)N)C(C)(C)C)NC1(C)CCCC1.CC.CCC. The molecule has 0 aromatic rings. The van der Waals surface area contributed by atoms with Crippen LogP contribution in [0.4, 0.5) is 0 Å². The number of hydrogen-bond donors (Lipinski definition) is 5. The van der Waals surface area contributed by atoms with Crippen molar-refractivity contribution >= 4 is 5.78 Å². The van der Waals surface area contributed by atoms with Crippen LogP contribution in [0.2, 0.25) is 0 Å². The fourth-order valence-corrected chi connectivity index (χ4v) is 5.70. The Morgan fingerprint density at radius 1 is 0.976 bits per heavy atom. The first-order valence-electron chi connectivity index (χ1n) is 16.6. The number of Topliss-reactive ketones (excluding diaryl/α,β-unsaturated/α-hetero) is 1. The molecule has 5 atom stereocenters. The monoisotopic (exact) mass is 588 g/mol. The number of nitrogens with one attached hydrogen (secondary N) is 4. The Bertz CT molecular complexity index is 878. The summed E-state index contributed by atoms with van der Waals surface area (Å²) in [4.78, 5) is 12.5. The van der Waals surface area contributed by atoms with Crippen molar-refractivity contribution in [3.63, 3.8) is 0 Å². The van der Waals surface area contributed by atoms with Gasteiger partial charge in [-0.05, 0) is 61.7 Å². The third-order valence-corrected chi connectivity index (χ3v) is 8.15. The second kappa shape index (κ2) is 18.3. The molecule has 42 heavy (non-hydrogen) atoms. The smallest absolute Gasteiger partial charge is 0.199 e. The Balaban J connectivity index is 0.00000315. The summed E-state index contributed by atoms with van der Waals surface area (Å²) in [6.07, 6.45) is 8.00. The summed E-state index contributed by atoms with van der Waals surface area (Å²) in [6.45, 7) is 41.1. The number of rotatable bonds is 16. The summed E-state index contributed by atoms with van der Waals surface area (Å²) in [5, 5.41) is 14.3. The van der Waals surface area contributed by atoms with E-state index < -0.39 is 0 Å². The van der Waals surface area contributed by atoms with Crippen molar-refractivity contribution in [3.05, 3.63) is 49.2 Å². The number of allylic oxidation sites excluding steroid dienone is 1. The van der Waals surface area contributed by atoms with Crippen LogP contribution < -0.4 is 27.0 Å². The number of nitrogens with two attached hydrogens (primary N) is 1. The summed E-state index contributed by atoms with van der Waals surface area (Å²) in [5.74, 6) is 2.44. The fourth-order valence-electron chi connectivity index (χ4n) is 5.70. The van der Waals surface area contributed by atoms with E-state index in [1.54, 1.807) is 0 Å². The first-order chi connectivity index (χ1) is 19.5. The Morgan fingerprint density at radius 2 is 1.50 bits per heavy atom. The summed E-state index contributed by atoms with van der Waals surface area (Å²) in [7, 11) is 0. The average Bonchev–Trinajstić information content (AvgIpc) is 3.55. The number of carbonyl (C=O) groups excluding carboxylic acids is 1. The molecule has 244 valence electrons. The van der Waals surface area contributed by atoms with E-state index >= 15 is 0 Å². The van der Waals surface area contributed by atoms with E-state index in [0.717, 1.165) is 30.2 Å². The van der Waals surface area contributed by atoms with Crippen molar-refractivity contribution in [2.45, 2.75) is 139 Å². The van der Waals surface area contributed by atoms with E-state index in [4.69, 9.17) is 5.73 Å². The summed E-state index contributed by atoms with van der Waals surface area (Å²) in [6, 6.07) is -0.315. The highest BCUT2D eigenvalue weighted by Crippen LogP contribution is 2.46. The van der Waals surface area contributed by atoms with Crippen LogP contribution in [0.1, 0.15) is 121 Å². The molecule has 0 saturated heterocycles. The van der Waals surface area contributed by atoms with Gasteiger partial charge in [0.15, 0.2) is 5.78 Å². The highest BCUT2D eigenvalue weighted by molar-refractivity contribution is 5.98. The Hall–Kier alpha value is -2.37. The number of carbonyl (C=O) groups is 1. The van der Waals surface area contributed by atoms with Crippen molar-refractivity contribution in [3.8, 4) is 0 Å². The average molecular weight is 588 g/mol. The van der Waals surface area contributed by atoms with Crippen LogP contribution in [0, 0.1) is 29.1 Å². The van der Waals surface area contributed by atoms with Gasteiger partial charge in [0.05, 0.1) is 23.6 Å². The van der Waals surface area contributed by atoms with Crippen LogP contribution in [-0.4, -0.2) is 30.0 Å². The van der Waals surface area contributed by atoms with E-state index in [0.29, 0.717) is 24.2 Å². The van der Waals surface area contributed by atoms with Gasteiger partial charge in [-0.3, -0.25) is 4.79 Å². The van der Waals surface area contributed by atoms with Gasteiger partial charge in [-0.1, -0.05) is 115 Å². The quantitative estimate of drug-likeness (QED) is 0.119. The second-order valence-corrected chi connectivity index (χ2v) is 14.1. The van der Waals surface area contributed by atoms with E-state index in [-0.39, 0.29) is 40.4 Å². The predicted molar refractivity (Wildman–Crippen MR) is 185 cm³/mol. The van der Waals surface area contributed by atoms with Gasteiger partial charge < -0.3 is 27.0 Å². The Labute approximate surface area is 260 Å². The van der Waals surface area contributed by atoms with Crippen LogP contribution in [0.25, 0.3) is 0 Å². The number of ketones is 1. The lowest BCUT2D eigenvalue weighted by atomic mass is 9.84. The minimum atomic E-state index is -0.366. The molecule has 0 radical (unpaired) electrons. The van der Waals surface area contributed by atoms with Gasteiger partial charge >= 0.3 is 0 Å². The molecule has 0 aliphatic heterocycles. The van der Waals surface area contributed by atoms with Gasteiger partial charge in [-0.2, -0.15) is 0 Å². The molecule has 0 aromatic heterocycles. The largest absolute Gasteiger partial charge is 0.396 e. The van der Waals surface area contributed by atoms with Crippen molar-refractivity contribution < 1.29 is 4.79 Å². The molecular formula is C36H69N5O. The van der Waals surface area contributed by atoms with E-state index in [1.807, 2.05) is 13.8 Å². The minimum absolute atomic E-state index is 0.0231. The lowest BCUT2D eigenvalue weighted by Gasteiger charge is -2.37. The maximum absolute atomic E-state index is 12.5. The highest BCUT2D eigenvalue weighted by Gasteiger charge is 2.42. The minimum Gasteiger partial charge on any atom is -0.396 e. The first-order valence-corrected chi connectivity index (χ1v) is 16.6. The van der Waals surface area contributed by atoms with Crippen molar-refractivity contribution in [2.24, 2.45) is 34.8 Å². The van der Waals surface area contributed by atoms with E-state index in [9.17, 15) is 4.79 Å². The third kappa shape index (κ3) is 13.7. The molecule has 0 spiro atoms. The molecule has 0 heterocycles. The van der Waals surface area contributed by atoms with Crippen LogP contribution >= 0.6 is 0 Å². The molecular weight excluding hydrogens is 518 g/mol. The third-order valence-electron chi connectivity index (χ3n) is 8.15. The van der Waals surface area contributed by atoms with Crippen LogP contribution in [0.3, 0.4) is 0 Å². The molecule has 2 aliphatic carbocycles. The molecule has 2 aliphatic rings. The van der Waals surface area contributed by atoms with Gasteiger partial charge in [0.25, 0.3) is 0 Å². The topological polar surface area (TPSA) is 91.2 Å². The van der Waals surface area contributed by atoms with Gasteiger partial charge in [0.2, 0.25) is 0 Å². The maximum Gasteiger partial charge on any atom is 0.199 e. The maximum atomic E-state index is 12.5. The van der Waals surface area contributed by atoms with Crippen LogP contribution in [0.15, 0.2) is 49.2 Å². The molecule has 0 bridgehead atoms. The van der Waals surface area contributed by atoms with Crippen LogP contribution in [0.5, 0.6) is 0 Å². The zero-order chi connectivity index (χ0) is 32.8. The molecule has 6 nitrogen and oxygen atoms in total. The molecule has 0 amide bonds. The molecule has 2 fully saturated rings. The molecule has 6 heteroatoms. The fraction of sp³-hybridized carbons (Fsp3) is 0.750. The van der Waals surface area contributed by atoms with Gasteiger partial charge in [-0.25, -0.2) is 0 Å². The van der Waals surface area contributed by atoms with E-state index in [2.05, 4.69) is 110 Å². The van der Waals surface area contributed by atoms with Crippen molar-refractivity contribution in [1.29, 1.82) is 0 Å². The van der Waals surface area contributed by atoms with Gasteiger partial charge in [0, 0.05) is 23.5 Å². The second-order valence-electron chi connectivity index (χ2n) is 14.1. The standard InChI is InChI=1S/C31H55N5O.C3H8.C2H6/c1-19(2)16-27(28(37)21(4)32)34-22(5)20(3)26-17-25(26)18-33-23(6)29(30(8,9)10)35-24(7)36-31(11)14-12-13-15-31;1-3-2;1-2/h19-20,25-27,29,33-36H,4-7,12-18,32H2,1-3,8-11H3;3H2,1-2H3;1-2H3/t20?,25-,26+,27?,29?;;/m0../s1. The van der Waals surface area contributed by atoms with Gasteiger partial charge in [0.1, 0.15) is 0 Å². The van der Waals surface area contributed by atoms with Crippen molar-refractivity contribution in [1.82, 2.24) is 21.3 Å². The zero-order valence-electron chi connectivity index (χ0n) is 29.4. The molecule has 2 saturated carbocycles. The normalized spacial score (nSPS) is 20.8. The first kappa shape index (κ1) is 39.6. The Morgan fingerprint density at radius 3 is 1.95 bits per heavy atom.